The van der Waals surface area contributed by atoms with Crippen LogP contribution in [0.5, 0.6) is 0 Å². The van der Waals surface area contributed by atoms with Crippen LogP contribution in [-0.4, -0.2) is 17.8 Å². The van der Waals surface area contributed by atoms with Crippen LogP contribution in [0.3, 0.4) is 0 Å². The van der Waals surface area contributed by atoms with Gasteiger partial charge in [0.2, 0.25) is 10.0 Å². The van der Waals surface area contributed by atoms with Gasteiger partial charge in [0.05, 0.1) is 10.4 Å². The molecule has 0 aromatic heterocycles. The molecule has 2 aromatic carbocycles. The number of hydrogen-bond donors (Lipinski definition) is 1. The fourth-order valence-corrected chi connectivity index (χ4v) is 4.89. The normalized spacial score (nSPS) is 21.2. The van der Waals surface area contributed by atoms with Crippen molar-refractivity contribution in [3.63, 3.8) is 0 Å². The van der Waals surface area contributed by atoms with Crippen LogP contribution in [0, 0.1) is 0 Å². The van der Waals surface area contributed by atoms with Gasteiger partial charge in [-0.2, -0.15) is 4.31 Å². The second-order valence-electron chi connectivity index (χ2n) is 5.64. The van der Waals surface area contributed by atoms with Gasteiger partial charge in [-0.3, -0.25) is 0 Å². The van der Waals surface area contributed by atoms with Crippen LogP contribution in [-0.2, 0) is 15.6 Å². The quantitative estimate of drug-likeness (QED) is 0.928. The predicted molar refractivity (Wildman–Crippen MR) is 79.9 cm³/mol. The Morgan fingerprint density at radius 2 is 1.57 bits per heavy atom. The Balaban J connectivity index is 2.17. The maximum atomic E-state index is 12.8. The molecular weight excluding hydrogens is 286 g/mol. The fraction of sp³-hybridized carbons (Fsp3) is 0.250. The second kappa shape index (κ2) is 4.66. The molecule has 0 saturated carbocycles. The molecule has 1 heterocycles. The SMILES string of the molecule is CC(C)(c1ccccc1)N1C(O)c2ccccc2S1(=O)=O. The van der Waals surface area contributed by atoms with Gasteiger partial charge in [0.15, 0.2) is 0 Å². The predicted octanol–water partition coefficient (Wildman–Crippen LogP) is 2.62. The Morgan fingerprint density at radius 1 is 1.00 bits per heavy atom. The topological polar surface area (TPSA) is 57.6 Å². The Hall–Kier alpha value is -1.69. The van der Waals surface area contributed by atoms with E-state index in [1.807, 2.05) is 30.3 Å². The van der Waals surface area contributed by atoms with Crippen molar-refractivity contribution in [3.05, 3.63) is 65.7 Å². The Labute approximate surface area is 124 Å². The number of aliphatic hydroxyl groups excluding tert-OH is 1. The largest absolute Gasteiger partial charge is 0.373 e. The maximum absolute atomic E-state index is 12.8. The van der Waals surface area contributed by atoms with Crippen molar-refractivity contribution in [2.45, 2.75) is 30.5 Å². The van der Waals surface area contributed by atoms with Gasteiger partial charge in [-0.05, 0) is 25.5 Å². The summed E-state index contributed by atoms with van der Waals surface area (Å²) in [6.45, 7) is 3.60. The Bertz CT molecular complexity index is 769. The van der Waals surface area contributed by atoms with Crippen LogP contribution in [0.15, 0.2) is 59.5 Å². The highest BCUT2D eigenvalue weighted by Crippen LogP contribution is 2.45. The lowest BCUT2D eigenvalue weighted by molar-refractivity contribution is 0.0121. The summed E-state index contributed by atoms with van der Waals surface area (Å²) in [6.07, 6.45) is -1.17. The van der Waals surface area contributed by atoms with Gasteiger partial charge in [-0.15, -0.1) is 0 Å². The molecule has 0 saturated heterocycles. The van der Waals surface area contributed by atoms with Gasteiger partial charge in [-0.25, -0.2) is 8.42 Å². The highest BCUT2D eigenvalue weighted by Gasteiger charge is 2.49. The number of nitrogens with zero attached hydrogens (tertiary/aromatic N) is 1. The van der Waals surface area contributed by atoms with Crippen molar-refractivity contribution >= 4 is 10.0 Å². The van der Waals surface area contributed by atoms with E-state index in [0.29, 0.717) is 5.56 Å². The summed E-state index contributed by atoms with van der Waals surface area (Å²) in [4.78, 5) is 0.182. The lowest BCUT2D eigenvalue weighted by atomic mass is 9.93. The molecule has 2 aromatic rings. The van der Waals surface area contributed by atoms with Crippen LogP contribution < -0.4 is 0 Å². The molecule has 4 nitrogen and oxygen atoms in total. The zero-order valence-corrected chi connectivity index (χ0v) is 12.7. The molecule has 0 aliphatic carbocycles. The highest BCUT2D eigenvalue weighted by atomic mass is 32.2. The maximum Gasteiger partial charge on any atom is 0.246 e. The number of sulfonamides is 1. The molecule has 21 heavy (non-hydrogen) atoms. The van der Waals surface area contributed by atoms with E-state index >= 15 is 0 Å². The van der Waals surface area contributed by atoms with E-state index in [0.717, 1.165) is 5.56 Å². The van der Waals surface area contributed by atoms with Crippen molar-refractivity contribution in [1.82, 2.24) is 4.31 Å². The van der Waals surface area contributed by atoms with Crippen LogP contribution in [0.1, 0.15) is 31.2 Å². The molecule has 1 N–H and O–H groups in total. The van der Waals surface area contributed by atoms with Gasteiger partial charge in [0, 0.05) is 5.56 Å². The van der Waals surface area contributed by atoms with Crippen LogP contribution in [0.25, 0.3) is 0 Å². The number of fused-ring (bicyclic) bond motifs is 1. The Morgan fingerprint density at radius 3 is 2.19 bits per heavy atom. The molecule has 0 spiro atoms. The lowest BCUT2D eigenvalue weighted by Crippen LogP contribution is -2.43. The first kappa shape index (κ1) is 14.3. The number of benzene rings is 2. The molecule has 110 valence electrons. The zero-order valence-electron chi connectivity index (χ0n) is 11.9. The minimum absolute atomic E-state index is 0.182. The summed E-state index contributed by atoms with van der Waals surface area (Å²) in [5.74, 6) is 0. The summed E-state index contributed by atoms with van der Waals surface area (Å²) < 4.78 is 26.7. The molecule has 0 bridgehead atoms. The Kier molecular flexibility index (Phi) is 3.16. The smallest absolute Gasteiger partial charge is 0.246 e. The van der Waals surface area contributed by atoms with Crippen molar-refractivity contribution in [2.24, 2.45) is 0 Å². The van der Waals surface area contributed by atoms with Crippen molar-refractivity contribution in [2.75, 3.05) is 0 Å². The molecule has 1 aliphatic heterocycles. The van der Waals surface area contributed by atoms with Gasteiger partial charge >= 0.3 is 0 Å². The van der Waals surface area contributed by atoms with Gasteiger partial charge in [0.1, 0.15) is 6.23 Å². The summed E-state index contributed by atoms with van der Waals surface area (Å²) in [7, 11) is -3.72. The van der Waals surface area contributed by atoms with Gasteiger partial charge in [0.25, 0.3) is 0 Å². The molecule has 1 atom stereocenters. The molecule has 0 fully saturated rings. The van der Waals surface area contributed by atoms with Crippen LogP contribution in [0.2, 0.25) is 0 Å². The monoisotopic (exact) mass is 303 g/mol. The van der Waals surface area contributed by atoms with Gasteiger partial charge < -0.3 is 5.11 Å². The minimum Gasteiger partial charge on any atom is -0.373 e. The van der Waals surface area contributed by atoms with Crippen molar-refractivity contribution < 1.29 is 13.5 Å². The van der Waals surface area contributed by atoms with Crippen molar-refractivity contribution in [1.29, 1.82) is 0 Å². The average Bonchev–Trinajstić information content (AvgIpc) is 2.68. The first-order valence-corrected chi connectivity index (χ1v) is 8.18. The van der Waals surface area contributed by atoms with Crippen molar-refractivity contribution in [3.8, 4) is 0 Å². The summed E-state index contributed by atoms with van der Waals surface area (Å²) in [6, 6.07) is 15.9. The van der Waals surface area contributed by atoms with Crippen LogP contribution >= 0.6 is 0 Å². The molecule has 1 unspecified atom stereocenters. The third-order valence-electron chi connectivity index (χ3n) is 3.99. The van der Waals surface area contributed by atoms with E-state index in [4.69, 9.17) is 0 Å². The molecule has 0 radical (unpaired) electrons. The molecular formula is C16H17NO3S. The first-order chi connectivity index (χ1) is 9.87. The van der Waals surface area contributed by atoms with E-state index < -0.39 is 21.8 Å². The van der Waals surface area contributed by atoms with E-state index in [1.54, 1.807) is 32.0 Å². The highest BCUT2D eigenvalue weighted by molar-refractivity contribution is 7.89. The van der Waals surface area contributed by atoms with E-state index in [9.17, 15) is 13.5 Å². The number of hydrogen-bond acceptors (Lipinski definition) is 3. The fourth-order valence-electron chi connectivity index (χ4n) is 2.87. The molecule has 1 aliphatic rings. The lowest BCUT2D eigenvalue weighted by Gasteiger charge is -2.36. The molecule has 0 amide bonds. The first-order valence-electron chi connectivity index (χ1n) is 6.74. The third-order valence-corrected chi connectivity index (χ3v) is 6.09. The zero-order chi connectivity index (χ0) is 15.3. The average molecular weight is 303 g/mol. The van der Waals surface area contributed by atoms with Crippen LogP contribution in [0.4, 0.5) is 0 Å². The summed E-state index contributed by atoms with van der Waals surface area (Å²) in [5, 5.41) is 10.5. The van der Waals surface area contributed by atoms with E-state index in [2.05, 4.69) is 0 Å². The molecule has 3 rings (SSSR count). The summed E-state index contributed by atoms with van der Waals surface area (Å²) >= 11 is 0. The van der Waals surface area contributed by atoms with E-state index in [-0.39, 0.29) is 4.90 Å². The third kappa shape index (κ3) is 2.00. The molecule has 5 heteroatoms. The van der Waals surface area contributed by atoms with E-state index in [1.165, 1.54) is 10.4 Å². The second-order valence-corrected chi connectivity index (χ2v) is 7.42. The summed E-state index contributed by atoms with van der Waals surface area (Å²) in [5.41, 5.74) is 0.417. The minimum atomic E-state index is -3.72. The number of rotatable bonds is 2. The standard InChI is InChI=1S/C16H17NO3S/c1-16(2,12-8-4-3-5-9-12)17-15(18)13-10-6-7-11-14(13)21(17,19)20/h3-11,15,18H,1-2H3. The number of aliphatic hydroxyl groups is 1. The van der Waals surface area contributed by atoms with Gasteiger partial charge in [-0.1, -0.05) is 48.5 Å².